The number of rotatable bonds is 2. The Kier molecular flexibility index (Phi) is 2.70. The number of nitrogens with one attached hydrogen (secondary N) is 1. The van der Waals surface area contributed by atoms with Gasteiger partial charge in [-0.25, -0.2) is 4.63 Å². The molecule has 0 atom stereocenters. The van der Waals surface area contributed by atoms with Crippen LogP contribution in [-0.2, 0) is 0 Å². The second-order valence-electron chi connectivity index (χ2n) is 3.11. The van der Waals surface area contributed by atoms with Crippen molar-refractivity contribution in [2.75, 3.05) is 11.1 Å². The van der Waals surface area contributed by atoms with E-state index in [9.17, 15) is 4.79 Å². The Labute approximate surface area is 95.8 Å². The highest BCUT2D eigenvalue weighted by molar-refractivity contribution is 6.06. The number of anilines is 2. The van der Waals surface area contributed by atoms with Gasteiger partial charge in [-0.2, -0.15) is 5.26 Å². The number of nitrogen functional groups attached to an aromatic ring is 1. The van der Waals surface area contributed by atoms with E-state index in [1.165, 1.54) is 0 Å². The molecule has 0 aliphatic carbocycles. The summed E-state index contributed by atoms with van der Waals surface area (Å²) in [6, 6.07) is 8.53. The van der Waals surface area contributed by atoms with Crippen molar-refractivity contribution in [2.24, 2.45) is 0 Å². The zero-order valence-corrected chi connectivity index (χ0v) is 8.54. The van der Waals surface area contributed by atoms with Crippen LogP contribution >= 0.6 is 0 Å². The zero-order valence-electron chi connectivity index (χ0n) is 8.54. The molecule has 0 radical (unpaired) electrons. The van der Waals surface area contributed by atoms with Crippen LogP contribution in [0, 0.1) is 11.3 Å². The van der Waals surface area contributed by atoms with E-state index in [2.05, 4.69) is 20.3 Å². The molecule has 1 aromatic heterocycles. The third kappa shape index (κ3) is 2.05. The van der Waals surface area contributed by atoms with Crippen molar-refractivity contribution < 1.29 is 9.42 Å². The molecule has 3 N–H and O–H groups in total. The molecule has 0 aliphatic rings. The van der Waals surface area contributed by atoms with Crippen molar-refractivity contribution in [1.82, 2.24) is 10.3 Å². The minimum atomic E-state index is -0.577. The van der Waals surface area contributed by atoms with Gasteiger partial charge in [0.15, 0.2) is 0 Å². The molecule has 0 unspecified atom stereocenters. The molecule has 1 heterocycles. The molecular weight excluding hydrogens is 222 g/mol. The van der Waals surface area contributed by atoms with Crippen LogP contribution in [0.15, 0.2) is 28.9 Å². The highest BCUT2D eigenvalue weighted by atomic mass is 16.6. The summed E-state index contributed by atoms with van der Waals surface area (Å²) in [5.74, 6) is -0.677. The third-order valence-corrected chi connectivity index (χ3v) is 2.02. The predicted octanol–water partition coefficient (Wildman–Crippen LogP) is 0.776. The van der Waals surface area contributed by atoms with E-state index >= 15 is 0 Å². The third-order valence-electron chi connectivity index (χ3n) is 2.02. The summed E-state index contributed by atoms with van der Waals surface area (Å²) in [5, 5.41) is 18.0. The number of hydrogen-bond donors (Lipinski definition) is 2. The van der Waals surface area contributed by atoms with Crippen molar-refractivity contribution in [3.05, 3.63) is 35.5 Å². The van der Waals surface area contributed by atoms with Crippen molar-refractivity contribution in [2.45, 2.75) is 0 Å². The van der Waals surface area contributed by atoms with E-state index in [4.69, 9.17) is 11.0 Å². The molecule has 7 heteroatoms. The smallest absolute Gasteiger partial charge is 0.281 e. The van der Waals surface area contributed by atoms with Crippen LogP contribution in [0.2, 0.25) is 0 Å². The van der Waals surface area contributed by atoms with Gasteiger partial charge in [0.05, 0.1) is 11.3 Å². The number of carbonyl (C=O) groups is 1. The molecule has 17 heavy (non-hydrogen) atoms. The van der Waals surface area contributed by atoms with Crippen LogP contribution in [0.4, 0.5) is 11.5 Å². The van der Waals surface area contributed by atoms with E-state index in [1.807, 2.05) is 6.07 Å². The van der Waals surface area contributed by atoms with Crippen LogP contribution in [0.5, 0.6) is 0 Å². The van der Waals surface area contributed by atoms with Gasteiger partial charge in [0.25, 0.3) is 5.91 Å². The Morgan fingerprint density at radius 2 is 2.18 bits per heavy atom. The number of benzene rings is 1. The minimum Gasteiger partial charge on any atom is -0.379 e. The lowest BCUT2D eigenvalue weighted by molar-refractivity contribution is 0.101. The Bertz CT molecular complexity index is 599. The molecule has 0 saturated heterocycles. The van der Waals surface area contributed by atoms with Crippen LogP contribution in [0.3, 0.4) is 0 Å². The van der Waals surface area contributed by atoms with E-state index < -0.39 is 5.91 Å². The average Bonchev–Trinajstić information content (AvgIpc) is 2.76. The molecule has 84 valence electrons. The summed E-state index contributed by atoms with van der Waals surface area (Å²) in [6.45, 7) is 0. The van der Waals surface area contributed by atoms with Gasteiger partial charge in [-0.1, -0.05) is 12.1 Å². The van der Waals surface area contributed by atoms with Crippen LogP contribution in [0.1, 0.15) is 16.1 Å². The summed E-state index contributed by atoms with van der Waals surface area (Å²) in [5.41, 5.74) is 5.98. The van der Waals surface area contributed by atoms with Crippen molar-refractivity contribution in [1.29, 1.82) is 5.26 Å². The Hall–Kier alpha value is -2.88. The van der Waals surface area contributed by atoms with Gasteiger partial charge < -0.3 is 11.1 Å². The summed E-state index contributed by atoms with van der Waals surface area (Å²) < 4.78 is 4.31. The molecule has 1 amide bonds. The first-order valence-corrected chi connectivity index (χ1v) is 4.61. The lowest BCUT2D eigenvalue weighted by Crippen LogP contribution is -2.15. The summed E-state index contributed by atoms with van der Waals surface area (Å²) in [7, 11) is 0. The number of para-hydroxylation sites is 1. The topological polar surface area (TPSA) is 118 Å². The number of hydrogen-bond acceptors (Lipinski definition) is 6. The summed E-state index contributed by atoms with van der Waals surface area (Å²) in [4.78, 5) is 11.7. The molecule has 0 bridgehead atoms. The predicted molar refractivity (Wildman–Crippen MR) is 57.8 cm³/mol. The number of amides is 1. The van der Waals surface area contributed by atoms with Crippen molar-refractivity contribution >= 4 is 17.4 Å². The Morgan fingerprint density at radius 3 is 2.82 bits per heavy atom. The second kappa shape index (κ2) is 4.32. The average molecular weight is 229 g/mol. The van der Waals surface area contributed by atoms with Gasteiger partial charge in [-0.3, -0.25) is 4.79 Å². The molecule has 0 aliphatic heterocycles. The zero-order chi connectivity index (χ0) is 12.3. The lowest BCUT2D eigenvalue weighted by atomic mass is 10.2. The largest absolute Gasteiger partial charge is 0.379 e. The number of carbonyl (C=O) groups excluding carboxylic acids is 1. The van der Waals surface area contributed by atoms with Gasteiger partial charge in [-0.15, -0.1) is 0 Å². The maximum Gasteiger partial charge on any atom is 0.281 e. The van der Waals surface area contributed by atoms with E-state index in [1.54, 1.807) is 24.3 Å². The highest BCUT2D eigenvalue weighted by Gasteiger charge is 2.16. The number of nitriles is 1. The summed E-state index contributed by atoms with van der Waals surface area (Å²) in [6.07, 6.45) is 0. The quantitative estimate of drug-likeness (QED) is 0.785. The fourth-order valence-electron chi connectivity index (χ4n) is 1.22. The van der Waals surface area contributed by atoms with Gasteiger partial charge in [-0.05, 0) is 22.4 Å². The maximum atomic E-state index is 11.7. The normalized spacial score (nSPS) is 9.59. The Balaban J connectivity index is 2.26. The van der Waals surface area contributed by atoms with Crippen molar-refractivity contribution in [3.63, 3.8) is 0 Å². The molecular formula is C10H7N5O2. The second-order valence-corrected chi connectivity index (χ2v) is 3.11. The summed E-state index contributed by atoms with van der Waals surface area (Å²) >= 11 is 0. The molecule has 2 rings (SSSR count). The highest BCUT2D eigenvalue weighted by Crippen LogP contribution is 2.15. The first-order chi connectivity index (χ1) is 8.22. The molecule has 2 aromatic rings. The van der Waals surface area contributed by atoms with E-state index in [0.29, 0.717) is 11.3 Å². The molecule has 0 spiro atoms. The minimum absolute atomic E-state index is 0.100. The molecule has 7 nitrogen and oxygen atoms in total. The standard InChI is InChI=1S/C10H7N5O2/c11-5-6-3-1-2-4-7(6)13-10(16)8-9(12)15-17-14-8/h1-4H,(H2,12,15)(H,13,16). The van der Waals surface area contributed by atoms with Gasteiger partial charge in [0.1, 0.15) is 6.07 Å². The first-order valence-electron chi connectivity index (χ1n) is 4.61. The van der Waals surface area contributed by atoms with Crippen molar-refractivity contribution in [3.8, 4) is 6.07 Å². The number of nitrogens with two attached hydrogens (primary N) is 1. The van der Waals surface area contributed by atoms with Crippen LogP contribution < -0.4 is 11.1 Å². The molecule has 0 saturated carbocycles. The SMILES string of the molecule is N#Cc1ccccc1NC(=O)c1nonc1N. The molecule has 0 fully saturated rings. The van der Waals surface area contributed by atoms with Crippen LogP contribution in [-0.4, -0.2) is 16.2 Å². The lowest BCUT2D eigenvalue weighted by Gasteiger charge is -2.04. The fourth-order valence-corrected chi connectivity index (χ4v) is 1.22. The fraction of sp³-hybridized carbons (Fsp3) is 0. The van der Waals surface area contributed by atoms with Gasteiger partial charge in [0, 0.05) is 0 Å². The molecule has 1 aromatic carbocycles. The number of aromatic nitrogens is 2. The monoisotopic (exact) mass is 229 g/mol. The maximum absolute atomic E-state index is 11.7. The van der Waals surface area contributed by atoms with E-state index in [0.717, 1.165) is 0 Å². The number of nitrogens with zero attached hydrogens (tertiary/aromatic N) is 3. The van der Waals surface area contributed by atoms with Gasteiger partial charge in [0.2, 0.25) is 11.5 Å². The first kappa shape index (κ1) is 10.6. The Morgan fingerprint density at radius 1 is 1.41 bits per heavy atom. The van der Waals surface area contributed by atoms with Gasteiger partial charge >= 0.3 is 0 Å². The van der Waals surface area contributed by atoms with Crippen LogP contribution in [0.25, 0.3) is 0 Å². The van der Waals surface area contributed by atoms with E-state index in [-0.39, 0.29) is 11.5 Å².